The minimum atomic E-state index is -0.434. The first kappa shape index (κ1) is 13.5. The molecule has 0 N–H and O–H groups in total. The van der Waals surface area contributed by atoms with Gasteiger partial charge in [-0.1, -0.05) is 0 Å². The Kier molecular flexibility index (Phi) is 4.93. The summed E-state index contributed by atoms with van der Waals surface area (Å²) in [5.74, 6) is -0.674. The first-order valence-electron chi connectivity index (χ1n) is 5.72. The fourth-order valence-electron chi connectivity index (χ4n) is 1.64. The predicted molar refractivity (Wildman–Crippen MR) is 60.1 cm³/mol. The van der Waals surface area contributed by atoms with Crippen molar-refractivity contribution in [1.82, 2.24) is 9.80 Å². The molecule has 0 spiro atoms. The van der Waals surface area contributed by atoms with Gasteiger partial charge in [-0.2, -0.15) is 0 Å². The minimum absolute atomic E-state index is 0.00267. The molecule has 96 valence electrons. The molecule has 0 atom stereocenters. The van der Waals surface area contributed by atoms with Gasteiger partial charge in [0.1, 0.15) is 6.54 Å². The van der Waals surface area contributed by atoms with Crippen LogP contribution in [0.15, 0.2) is 0 Å². The summed E-state index contributed by atoms with van der Waals surface area (Å²) in [4.78, 5) is 37.0. The zero-order valence-corrected chi connectivity index (χ0v) is 10.3. The lowest BCUT2D eigenvalue weighted by Gasteiger charge is -2.20. The number of nitrogens with zero attached hydrogens (tertiary/aromatic N) is 2. The van der Waals surface area contributed by atoms with Gasteiger partial charge in [0.05, 0.1) is 13.2 Å². The van der Waals surface area contributed by atoms with E-state index >= 15 is 0 Å². The van der Waals surface area contributed by atoms with Crippen LogP contribution in [-0.4, -0.2) is 60.9 Å². The molecule has 2 amide bonds. The van der Waals surface area contributed by atoms with E-state index in [0.29, 0.717) is 19.6 Å². The molecule has 6 nitrogen and oxygen atoms in total. The normalized spacial score (nSPS) is 14.9. The summed E-state index contributed by atoms with van der Waals surface area (Å²) in [6.45, 7) is 2.61. The molecule has 1 aliphatic rings. The second-order valence-electron chi connectivity index (χ2n) is 3.97. The van der Waals surface area contributed by atoms with Gasteiger partial charge in [-0.15, -0.1) is 0 Å². The van der Waals surface area contributed by atoms with E-state index in [1.807, 2.05) is 0 Å². The summed E-state index contributed by atoms with van der Waals surface area (Å²) < 4.78 is 4.74. The van der Waals surface area contributed by atoms with Gasteiger partial charge in [0, 0.05) is 20.0 Å². The molecule has 0 aromatic rings. The monoisotopic (exact) mass is 242 g/mol. The van der Waals surface area contributed by atoms with Crippen LogP contribution in [0.25, 0.3) is 0 Å². The topological polar surface area (TPSA) is 66.9 Å². The summed E-state index contributed by atoms with van der Waals surface area (Å²) in [5, 5.41) is 0. The Morgan fingerprint density at radius 3 is 2.71 bits per heavy atom. The zero-order chi connectivity index (χ0) is 12.8. The van der Waals surface area contributed by atoms with Crippen LogP contribution in [0, 0.1) is 0 Å². The van der Waals surface area contributed by atoms with Crippen LogP contribution >= 0.6 is 0 Å². The number of carbonyl (C=O) groups is 3. The highest BCUT2D eigenvalue weighted by atomic mass is 16.5. The Morgan fingerprint density at radius 2 is 2.18 bits per heavy atom. The van der Waals surface area contributed by atoms with Crippen LogP contribution in [-0.2, 0) is 19.1 Å². The van der Waals surface area contributed by atoms with E-state index in [1.54, 1.807) is 6.92 Å². The van der Waals surface area contributed by atoms with Gasteiger partial charge in [0.25, 0.3) is 0 Å². The number of rotatable bonds is 5. The third-order valence-corrected chi connectivity index (χ3v) is 2.59. The van der Waals surface area contributed by atoms with Crippen molar-refractivity contribution in [3.05, 3.63) is 0 Å². The lowest BCUT2D eigenvalue weighted by molar-refractivity contribution is -0.148. The molecule has 1 fully saturated rings. The van der Waals surface area contributed by atoms with Crippen LogP contribution < -0.4 is 0 Å². The van der Waals surface area contributed by atoms with Crippen molar-refractivity contribution >= 4 is 17.8 Å². The molecule has 0 aromatic heterocycles. The number of hydrogen-bond donors (Lipinski definition) is 0. The fourth-order valence-corrected chi connectivity index (χ4v) is 1.64. The van der Waals surface area contributed by atoms with Gasteiger partial charge in [-0.05, 0) is 13.3 Å². The third-order valence-electron chi connectivity index (χ3n) is 2.59. The van der Waals surface area contributed by atoms with Crippen molar-refractivity contribution in [3.63, 3.8) is 0 Å². The number of ether oxygens (including phenoxy) is 1. The summed E-state index contributed by atoms with van der Waals surface area (Å²) >= 11 is 0. The maximum atomic E-state index is 11.7. The molecule has 1 heterocycles. The number of carbonyl (C=O) groups excluding carboxylic acids is 3. The van der Waals surface area contributed by atoms with Gasteiger partial charge in [0.2, 0.25) is 11.8 Å². The van der Waals surface area contributed by atoms with Crippen molar-refractivity contribution in [1.29, 1.82) is 0 Å². The van der Waals surface area contributed by atoms with Crippen molar-refractivity contribution in [3.8, 4) is 0 Å². The summed E-state index contributed by atoms with van der Waals surface area (Å²) in [7, 11) is 1.53. The molecular weight excluding hydrogens is 224 g/mol. The van der Waals surface area contributed by atoms with Crippen molar-refractivity contribution < 1.29 is 19.1 Å². The molecule has 0 saturated carbocycles. The van der Waals surface area contributed by atoms with E-state index in [4.69, 9.17) is 4.74 Å². The average molecular weight is 242 g/mol. The molecule has 6 heteroatoms. The van der Waals surface area contributed by atoms with Crippen molar-refractivity contribution in [2.45, 2.75) is 19.8 Å². The van der Waals surface area contributed by atoms with Gasteiger partial charge in [-0.25, -0.2) is 0 Å². The molecule has 0 aliphatic carbocycles. The molecular formula is C11H18N2O4. The van der Waals surface area contributed by atoms with E-state index in [9.17, 15) is 14.4 Å². The fraction of sp³-hybridized carbons (Fsp3) is 0.727. The first-order valence-corrected chi connectivity index (χ1v) is 5.72. The largest absolute Gasteiger partial charge is 0.465 e. The van der Waals surface area contributed by atoms with Crippen LogP contribution in [0.4, 0.5) is 0 Å². The minimum Gasteiger partial charge on any atom is -0.465 e. The SMILES string of the molecule is CCOC(=O)CN(C)C(=O)CN1CCCC1=O. The molecule has 1 aliphatic heterocycles. The number of esters is 1. The summed E-state index contributed by atoms with van der Waals surface area (Å²) in [6.07, 6.45) is 1.31. The number of amides is 2. The predicted octanol–water partition coefficient (Wildman–Crippen LogP) is -0.370. The zero-order valence-electron chi connectivity index (χ0n) is 10.3. The summed E-state index contributed by atoms with van der Waals surface area (Å²) in [6, 6.07) is 0. The lowest BCUT2D eigenvalue weighted by atomic mass is 10.4. The van der Waals surface area contributed by atoms with E-state index in [2.05, 4.69) is 0 Å². The Balaban J connectivity index is 2.36. The molecule has 0 bridgehead atoms. The second kappa shape index (κ2) is 6.22. The highest BCUT2D eigenvalue weighted by Gasteiger charge is 2.24. The maximum Gasteiger partial charge on any atom is 0.325 e. The van der Waals surface area contributed by atoms with Gasteiger partial charge < -0.3 is 14.5 Å². The quantitative estimate of drug-likeness (QED) is 0.617. The van der Waals surface area contributed by atoms with Crippen LogP contribution in [0.2, 0.25) is 0 Å². The Bertz CT molecular complexity index is 317. The van der Waals surface area contributed by atoms with Gasteiger partial charge in [0.15, 0.2) is 0 Å². The van der Waals surface area contributed by atoms with Gasteiger partial charge >= 0.3 is 5.97 Å². The van der Waals surface area contributed by atoms with Crippen molar-refractivity contribution in [2.24, 2.45) is 0 Å². The Labute approximate surface area is 101 Å². The maximum absolute atomic E-state index is 11.7. The van der Waals surface area contributed by atoms with E-state index < -0.39 is 5.97 Å². The van der Waals surface area contributed by atoms with Crippen LogP contribution in [0.3, 0.4) is 0 Å². The standard InChI is InChI=1S/C11H18N2O4/c1-3-17-11(16)8-12(2)10(15)7-13-6-4-5-9(13)14/h3-8H2,1-2H3. The van der Waals surface area contributed by atoms with Crippen LogP contribution in [0.1, 0.15) is 19.8 Å². The molecule has 17 heavy (non-hydrogen) atoms. The van der Waals surface area contributed by atoms with Crippen molar-refractivity contribution in [2.75, 3.05) is 33.3 Å². The molecule has 1 saturated heterocycles. The van der Waals surface area contributed by atoms with E-state index in [-0.39, 0.29) is 24.9 Å². The highest BCUT2D eigenvalue weighted by molar-refractivity contribution is 5.87. The molecule has 0 unspecified atom stereocenters. The number of likely N-dealkylation sites (tertiary alicyclic amines) is 1. The third kappa shape index (κ3) is 4.05. The van der Waals surface area contributed by atoms with Gasteiger partial charge in [-0.3, -0.25) is 14.4 Å². The first-order chi connectivity index (χ1) is 8.04. The van der Waals surface area contributed by atoms with E-state index in [1.165, 1.54) is 16.8 Å². The smallest absolute Gasteiger partial charge is 0.325 e. The molecule has 0 radical (unpaired) electrons. The summed E-state index contributed by atoms with van der Waals surface area (Å²) in [5.41, 5.74) is 0. The molecule has 0 aromatic carbocycles. The average Bonchev–Trinajstić information content (AvgIpc) is 2.64. The Hall–Kier alpha value is -1.59. The molecule has 1 rings (SSSR count). The van der Waals surface area contributed by atoms with Crippen LogP contribution in [0.5, 0.6) is 0 Å². The number of hydrogen-bond acceptors (Lipinski definition) is 4. The number of likely N-dealkylation sites (N-methyl/N-ethyl adjacent to an activating group) is 1. The second-order valence-corrected chi connectivity index (χ2v) is 3.97. The lowest BCUT2D eigenvalue weighted by Crippen LogP contribution is -2.41. The van der Waals surface area contributed by atoms with E-state index in [0.717, 1.165) is 6.42 Å². The highest BCUT2D eigenvalue weighted by Crippen LogP contribution is 2.09. The Morgan fingerprint density at radius 1 is 1.47 bits per heavy atom.